The number of methoxy groups -OCH3 is 1. The largest absolute Gasteiger partial charge is 0.383 e. The molecular weight excluding hydrogens is 266 g/mol. The van der Waals surface area contributed by atoms with Gasteiger partial charge in [0.05, 0.1) is 11.5 Å². The molecule has 0 aromatic carbocycles. The van der Waals surface area contributed by atoms with E-state index in [1.165, 1.54) is 0 Å². The third-order valence-electron chi connectivity index (χ3n) is 2.72. The highest BCUT2D eigenvalue weighted by atomic mass is 32.2. The molecule has 0 bridgehead atoms. The molecule has 1 aromatic rings. The van der Waals surface area contributed by atoms with Crippen LogP contribution in [0.15, 0.2) is 17.2 Å². The van der Waals surface area contributed by atoms with Crippen LogP contribution in [0.25, 0.3) is 0 Å². The number of hydrogen-bond donors (Lipinski definition) is 2. The predicted octanol–water partition coefficient (Wildman–Crippen LogP) is 0.448. The van der Waals surface area contributed by atoms with Gasteiger partial charge in [-0.15, -0.1) is 0 Å². The number of aryl methyl sites for hydroxylation is 1. The first-order valence-corrected chi connectivity index (χ1v) is 7.76. The molecule has 1 aromatic heterocycles. The number of ether oxygens (including phenoxy) is 1. The molecule has 0 aliphatic rings. The van der Waals surface area contributed by atoms with E-state index in [9.17, 15) is 8.42 Å². The van der Waals surface area contributed by atoms with Crippen molar-refractivity contribution in [3.05, 3.63) is 18.0 Å². The summed E-state index contributed by atoms with van der Waals surface area (Å²) in [5.41, 5.74) is 0.932. The minimum Gasteiger partial charge on any atom is -0.383 e. The van der Waals surface area contributed by atoms with Crippen LogP contribution in [0.5, 0.6) is 0 Å². The Bertz CT molecular complexity index is 496. The second-order valence-corrected chi connectivity index (χ2v) is 6.25. The standard InChI is InChI=1S/C12H23N3O3S/c1-5-13-7-11-6-12(8-15(11)3)19(16,17)14-10(2)9-18-4/h6,8,10,13-14H,5,7,9H2,1-4H3. The Balaban J connectivity index is 2.84. The minimum atomic E-state index is -3.49. The summed E-state index contributed by atoms with van der Waals surface area (Å²) in [6.45, 7) is 5.61. The zero-order chi connectivity index (χ0) is 14.5. The van der Waals surface area contributed by atoms with E-state index in [-0.39, 0.29) is 10.9 Å². The fourth-order valence-electron chi connectivity index (χ4n) is 1.77. The summed E-state index contributed by atoms with van der Waals surface area (Å²) in [5.74, 6) is 0. The quantitative estimate of drug-likeness (QED) is 0.729. The number of rotatable bonds is 8. The van der Waals surface area contributed by atoms with E-state index in [1.807, 2.05) is 18.5 Å². The molecule has 0 aliphatic carbocycles. The number of sulfonamides is 1. The molecule has 0 amide bonds. The molecule has 110 valence electrons. The van der Waals surface area contributed by atoms with Crippen LogP contribution in [0.4, 0.5) is 0 Å². The minimum absolute atomic E-state index is 0.257. The van der Waals surface area contributed by atoms with Crippen LogP contribution in [-0.4, -0.2) is 39.3 Å². The van der Waals surface area contributed by atoms with Gasteiger partial charge in [-0.3, -0.25) is 0 Å². The molecule has 1 rings (SSSR count). The molecule has 0 saturated carbocycles. The SMILES string of the molecule is CCNCc1cc(S(=O)(=O)NC(C)COC)cn1C. The Morgan fingerprint density at radius 2 is 2.16 bits per heavy atom. The highest BCUT2D eigenvalue weighted by Gasteiger charge is 2.19. The number of nitrogens with one attached hydrogen (secondary N) is 2. The van der Waals surface area contributed by atoms with Gasteiger partial charge in [-0.05, 0) is 19.5 Å². The monoisotopic (exact) mass is 289 g/mol. The zero-order valence-corrected chi connectivity index (χ0v) is 12.8. The van der Waals surface area contributed by atoms with E-state index in [1.54, 1.807) is 26.3 Å². The Morgan fingerprint density at radius 1 is 1.47 bits per heavy atom. The zero-order valence-electron chi connectivity index (χ0n) is 11.9. The molecular formula is C12H23N3O3S. The van der Waals surface area contributed by atoms with Crippen LogP contribution < -0.4 is 10.0 Å². The van der Waals surface area contributed by atoms with Gasteiger partial charge in [-0.2, -0.15) is 0 Å². The summed E-state index contributed by atoms with van der Waals surface area (Å²) in [4.78, 5) is 0.283. The lowest BCUT2D eigenvalue weighted by Gasteiger charge is -2.11. The van der Waals surface area contributed by atoms with Crippen molar-refractivity contribution < 1.29 is 13.2 Å². The van der Waals surface area contributed by atoms with Gasteiger partial charge in [-0.1, -0.05) is 6.92 Å². The smallest absolute Gasteiger partial charge is 0.242 e. The second-order valence-electron chi connectivity index (χ2n) is 4.54. The third kappa shape index (κ3) is 4.61. The Labute approximate surface area is 115 Å². The van der Waals surface area contributed by atoms with Crippen molar-refractivity contribution in [2.24, 2.45) is 7.05 Å². The lowest BCUT2D eigenvalue weighted by Crippen LogP contribution is -2.35. The third-order valence-corrected chi connectivity index (χ3v) is 4.28. The van der Waals surface area contributed by atoms with E-state index in [2.05, 4.69) is 10.0 Å². The average Bonchev–Trinajstić information content (AvgIpc) is 2.68. The summed E-state index contributed by atoms with van der Waals surface area (Å²) in [6, 6.07) is 1.43. The summed E-state index contributed by atoms with van der Waals surface area (Å²) < 4.78 is 33.6. The first kappa shape index (κ1) is 16.2. The highest BCUT2D eigenvalue weighted by Crippen LogP contribution is 2.13. The molecule has 1 heterocycles. The molecule has 6 nitrogen and oxygen atoms in total. The molecule has 1 atom stereocenters. The second kappa shape index (κ2) is 7.04. The lowest BCUT2D eigenvalue weighted by molar-refractivity contribution is 0.180. The van der Waals surface area contributed by atoms with Gasteiger partial charge in [0.15, 0.2) is 0 Å². The van der Waals surface area contributed by atoms with Crippen LogP contribution >= 0.6 is 0 Å². The number of nitrogens with zero attached hydrogens (tertiary/aromatic N) is 1. The van der Waals surface area contributed by atoms with Crippen molar-refractivity contribution in [1.82, 2.24) is 14.6 Å². The van der Waals surface area contributed by atoms with Crippen molar-refractivity contribution in [3.63, 3.8) is 0 Å². The summed E-state index contributed by atoms with van der Waals surface area (Å²) >= 11 is 0. The van der Waals surface area contributed by atoms with Gasteiger partial charge in [0.25, 0.3) is 0 Å². The fourth-order valence-corrected chi connectivity index (χ4v) is 3.09. The fraction of sp³-hybridized carbons (Fsp3) is 0.667. The van der Waals surface area contributed by atoms with Crippen LogP contribution in [0.3, 0.4) is 0 Å². The molecule has 0 saturated heterocycles. The molecule has 1 unspecified atom stereocenters. The number of aromatic nitrogens is 1. The maximum absolute atomic E-state index is 12.2. The first-order valence-electron chi connectivity index (χ1n) is 6.28. The van der Waals surface area contributed by atoms with Crippen molar-refractivity contribution in [1.29, 1.82) is 0 Å². The molecule has 0 aliphatic heterocycles. The normalized spacial score (nSPS) is 13.7. The number of hydrogen-bond acceptors (Lipinski definition) is 4. The van der Waals surface area contributed by atoms with E-state index < -0.39 is 10.0 Å². The molecule has 19 heavy (non-hydrogen) atoms. The van der Waals surface area contributed by atoms with Gasteiger partial charge < -0.3 is 14.6 Å². The molecule has 0 spiro atoms. The van der Waals surface area contributed by atoms with Crippen molar-refractivity contribution >= 4 is 10.0 Å². The Morgan fingerprint density at radius 3 is 2.74 bits per heavy atom. The van der Waals surface area contributed by atoms with E-state index >= 15 is 0 Å². The van der Waals surface area contributed by atoms with Gasteiger partial charge in [0.2, 0.25) is 10.0 Å². The topological polar surface area (TPSA) is 72.4 Å². The molecule has 7 heteroatoms. The maximum Gasteiger partial charge on any atom is 0.242 e. The van der Waals surface area contributed by atoms with E-state index in [0.717, 1.165) is 12.2 Å². The lowest BCUT2D eigenvalue weighted by atomic mass is 10.4. The first-order chi connectivity index (χ1) is 8.90. The average molecular weight is 289 g/mol. The maximum atomic E-state index is 12.2. The van der Waals surface area contributed by atoms with Gasteiger partial charge in [0.1, 0.15) is 0 Å². The van der Waals surface area contributed by atoms with Crippen molar-refractivity contribution in [2.75, 3.05) is 20.3 Å². The van der Waals surface area contributed by atoms with Crippen LogP contribution in [-0.2, 0) is 28.4 Å². The molecule has 0 radical (unpaired) electrons. The van der Waals surface area contributed by atoms with Crippen LogP contribution in [0.2, 0.25) is 0 Å². The van der Waals surface area contributed by atoms with Gasteiger partial charge in [-0.25, -0.2) is 13.1 Å². The van der Waals surface area contributed by atoms with Crippen LogP contribution in [0, 0.1) is 0 Å². The summed E-state index contributed by atoms with van der Waals surface area (Å²) in [5, 5.41) is 3.18. The highest BCUT2D eigenvalue weighted by molar-refractivity contribution is 7.89. The van der Waals surface area contributed by atoms with Crippen LogP contribution in [0.1, 0.15) is 19.5 Å². The van der Waals surface area contributed by atoms with Gasteiger partial charge in [0, 0.05) is 38.6 Å². The summed E-state index contributed by atoms with van der Waals surface area (Å²) in [6.07, 6.45) is 1.62. The van der Waals surface area contributed by atoms with E-state index in [0.29, 0.717) is 13.2 Å². The van der Waals surface area contributed by atoms with Crippen molar-refractivity contribution in [3.8, 4) is 0 Å². The molecule has 0 fully saturated rings. The summed E-state index contributed by atoms with van der Waals surface area (Å²) in [7, 11) is -0.106. The Kier molecular flexibility index (Phi) is 5.99. The van der Waals surface area contributed by atoms with Crippen molar-refractivity contribution in [2.45, 2.75) is 31.3 Å². The molecule has 2 N–H and O–H groups in total. The van der Waals surface area contributed by atoms with Gasteiger partial charge >= 0.3 is 0 Å². The van der Waals surface area contributed by atoms with E-state index in [4.69, 9.17) is 4.74 Å². The Hall–Kier alpha value is -0.890. The predicted molar refractivity (Wildman–Crippen MR) is 74.5 cm³/mol.